The zero-order valence-electron chi connectivity index (χ0n) is 6.50. The Hall–Kier alpha value is -0.675. The number of hydrogen-bond donors (Lipinski definition) is 0. The van der Waals surface area contributed by atoms with Crippen LogP contribution in [0.25, 0.3) is 0 Å². The molecular formula is C7H5BClFO2S. The summed E-state index contributed by atoms with van der Waals surface area (Å²) in [6.07, 6.45) is 0. The Labute approximate surface area is 80.7 Å². The molecule has 0 aliphatic heterocycles. The summed E-state index contributed by atoms with van der Waals surface area (Å²) in [5.41, 5.74) is 0.501. The van der Waals surface area contributed by atoms with Gasteiger partial charge in [0, 0.05) is 0 Å². The third kappa shape index (κ3) is 2.38. The third-order valence-electron chi connectivity index (χ3n) is 1.45. The van der Waals surface area contributed by atoms with Crippen LogP contribution in [-0.4, -0.2) is 21.8 Å². The summed E-state index contributed by atoms with van der Waals surface area (Å²) in [5.74, 6) is -0.868. The first-order chi connectivity index (χ1) is 5.95. The SMILES string of the molecule is C=Bc1ccc(S(=O)(=O)Cl)c(F)c1. The zero-order chi connectivity index (χ0) is 10.1. The van der Waals surface area contributed by atoms with Gasteiger partial charge in [-0.2, -0.15) is 0 Å². The Bertz CT molecular complexity index is 444. The van der Waals surface area contributed by atoms with E-state index in [1.54, 1.807) is 0 Å². The van der Waals surface area contributed by atoms with Crippen molar-refractivity contribution in [1.29, 1.82) is 0 Å². The maximum atomic E-state index is 13.0. The van der Waals surface area contributed by atoms with E-state index < -0.39 is 19.8 Å². The maximum absolute atomic E-state index is 13.0. The molecule has 0 heterocycles. The van der Waals surface area contributed by atoms with Crippen molar-refractivity contribution in [3.05, 3.63) is 24.0 Å². The molecule has 1 rings (SSSR count). The Balaban J connectivity index is 3.37. The van der Waals surface area contributed by atoms with E-state index in [1.165, 1.54) is 13.0 Å². The molecule has 0 fully saturated rings. The van der Waals surface area contributed by atoms with Crippen molar-refractivity contribution in [3.8, 4) is 0 Å². The summed E-state index contributed by atoms with van der Waals surface area (Å²) in [7, 11) is 0.970. The Morgan fingerprint density at radius 3 is 2.46 bits per heavy atom. The molecule has 0 spiro atoms. The molecule has 0 saturated heterocycles. The van der Waals surface area contributed by atoms with Gasteiger partial charge in [-0.25, -0.2) is 0 Å². The number of halogens is 2. The van der Waals surface area contributed by atoms with Crippen LogP contribution in [0.15, 0.2) is 23.1 Å². The van der Waals surface area contributed by atoms with E-state index in [4.69, 9.17) is 10.7 Å². The fraction of sp³-hybridized carbons (Fsp3) is 0. The number of rotatable bonds is 2. The first kappa shape index (κ1) is 10.4. The molecule has 0 atom stereocenters. The van der Waals surface area contributed by atoms with Crippen molar-refractivity contribution < 1.29 is 12.8 Å². The van der Waals surface area contributed by atoms with Gasteiger partial charge in [-0.1, -0.05) is 0 Å². The molecule has 6 heteroatoms. The van der Waals surface area contributed by atoms with Crippen molar-refractivity contribution in [2.24, 2.45) is 0 Å². The predicted molar refractivity (Wildman–Crippen MR) is 51.9 cm³/mol. The second kappa shape index (κ2) is 3.60. The summed E-state index contributed by atoms with van der Waals surface area (Å²) >= 11 is 0. The van der Waals surface area contributed by atoms with Crippen molar-refractivity contribution in [2.75, 3.05) is 0 Å². The number of hydrogen-bond acceptors (Lipinski definition) is 2. The first-order valence-electron chi connectivity index (χ1n) is 3.32. The molecule has 0 bridgehead atoms. The summed E-state index contributed by atoms with van der Waals surface area (Å²) in [5, 5.41) is 0. The molecule has 2 nitrogen and oxygen atoms in total. The molecular weight excluding hydrogens is 213 g/mol. The molecule has 1 aromatic rings. The monoisotopic (exact) mass is 218 g/mol. The van der Waals surface area contributed by atoms with Crippen molar-refractivity contribution >= 4 is 38.6 Å². The van der Waals surface area contributed by atoms with Crippen LogP contribution in [0.3, 0.4) is 0 Å². The van der Waals surface area contributed by atoms with Crippen molar-refractivity contribution in [3.63, 3.8) is 0 Å². The Morgan fingerprint density at radius 1 is 1.46 bits per heavy atom. The van der Waals surface area contributed by atoms with Crippen LogP contribution in [0.5, 0.6) is 0 Å². The van der Waals surface area contributed by atoms with E-state index in [0.717, 1.165) is 12.1 Å². The summed E-state index contributed by atoms with van der Waals surface area (Å²) < 4.78 is 34.5. The summed E-state index contributed by atoms with van der Waals surface area (Å²) in [6, 6.07) is 3.59. The van der Waals surface area contributed by atoms with Gasteiger partial charge in [0.1, 0.15) is 0 Å². The van der Waals surface area contributed by atoms with Gasteiger partial charge in [-0.05, 0) is 0 Å². The quantitative estimate of drug-likeness (QED) is 0.536. The van der Waals surface area contributed by atoms with Crippen LogP contribution < -0.4 is 5.46 Å². The van der Waals surface area contributed by atoms with E-state index in [2.05, 4.69) is 6.47 Å². The predicted octanol–water partition coefficient (Wildman–Crippen LogP) is 0.515. The first-order valence-corrected chi connectivity index (χ1v) is 5.63. The van der Waals surface area contributed by atoms with Gasteiger partial charge in [0.05, 0.1) is 0 Å². The van der Waals surface area contributed by atoms with Gasteiger partial charge in [0.15, 0.2) is 0 Å². The second-order valence-corrected chi connectivity index (χ2v) is 4.87. The molecule has 0 saturated carbocycles. The minimum absolute atomic E-state index is 0.501. The van der Waals surface area contributed by atoms with E-state index in [9.17, 15) is 12.8 Å². The van der Waals surface area contributed by atoms with E-state index in [0.29, 0.717) is 5.46 Å². The third-order valence-corrected chi connectivity index (χ3v) is 2.81. The van der Waals surface area contributed by atoms with Gasteiger partial charge in [-0.15, -0.1) is 0 Å². The fourth-order valence-electron chi connectivity index (χ4n) is 0.842. The van der Waals surface area contributed by atoms with Gasteiger partial charge in [0.25, 0.3) is 0 Å². The molecule has 68 valence electrons. The molecule has 0 aliphatic carbocycles. The standard InChI is InChI=1S/C7H5BClFO2S/c1-8-5-2-3-7(6(10)4-5)13(9,11)12/h2-4H,1H2. The molecule has 0 aromatic heterocycles. The molecule has 0 N–H and O–H groups in total. The van der Waals surface area contributed by atoms with Gasteiger partial charge < -0.3 is 0 Å². The van der Waals surface area contributed by atoms with Crippen molar-refractivity contribution in [2.45, 2.75) is 4.90 Å². The average molecular weight is 218 g/mol. The van der Waals surface area contributed by atoms with E-state index in [1.807, 2.05) is 0 Å². The minimum atomic E-state index is -4.00. The Kier molecular flexibility index (Phi) is 2.88. The normalized spacial score (nSPS) is 10.9. The van der Waals surface area contributed by atoms with Crippen LogP contribution in [-0.2, 0) is 9.05 Å². The molecule has 1 aromatic carbocycles. The van der Waals surface area contributed by atoms with E-state index >= 15 is 0 Å². The topological polar surface area (TPSA) is 34.1 Å². The fourth-order valence-corrected chi connectivity index (χ4v) is 1.74. The zero-order valence-corrected chi connectivity index (χ0v) is 8.07. The Morgan fingerprint density at radius 2 is 2.08 bits per heavy atom. The molecule has 0 aliphatic rings. The number of benzene rings is 1. The van der Waals surface area contributed by atoms with Crippen LogP contribution in [0, 0.1) is 5.82 Å². The van der Waals surface area contributed by atoms with Crippen LogP contribution in [0.4, 0.5) is 4.39 Å². The van der Waals surface area contributed by atoms with Crippen LogP contribution in [0.1, 0.15) is 0 Å². The summed E-state index contributed by atoms with van der Waals surface area (Å²) in [6.45, 7) is 4.83. The second-order valence-electron chi connectivity index (χ2n) is 2.33. The molecule has 0 unspecified atom stereocenters. The van der Waals surface area contributed by atoms with Gasteiger partial charge >= 0.3 is 80.3 Å². The molecule has 0 radical (unpaired) electrons. The van der Waals surface area contributed by atoms with Crippen molar-refractivity contribution in [1.82, 2.24) is 0 Å². The van der Waals surface area contributed by atoms with Gasteiger partial charge in [-0.3, -0.25) is 0 Å². The van der Waals surface area contributed by atoms with Crippen LogP contribution >= 0.6 is 10.7 Å². The molecule has 0 amide bonds. The molecule has 13 heavy (non-hydrogen) atoms. The van der Waals surface area contributed by atoms with E-state index in [-0.39, 0.29) is 0 Å². The average Bonchev–Trinajstić information content (AvgIpc) is 2.01. The van der Waals surface area contributed by atoms with Crippen LogP contribution in [0.2, 0.25) is 0 Å². The summed E-state index contributed by atoms with van der Waals surface area (Å²) in [4.78, 5) is -0.514. The van der Waals surface area contributed by atoms with Gasteiger partial charge in [0.2, 0.25) is 0 Å².